The summed E-state index contributed by atoms with van der Waals surface area (Å²) in [6.45, 7) is 2.46. The van der Waals surface area contributed by atoms with E-state index in [1.807, 2.05) is 0 Å². The van der Waals surface area contributed by atoms with E-state index in [9.17, 15) is 26.8 Å². The molecule has 0 aromatic carbocycles. The van der Waals surface area contributed by atoms with Crippen LogP contribution >= 0.6 is 0 Å². The quantitative estimate of drug-likeness (QED) is 0.265. The van der Waals surface area contributed by atoms with Crippen LogP contribution in [0.4, 0.5) is 8.78 Å². The molecule has 0 aromatic heterocycles. The van der Waals surface area contributed by atoms with Gasteiger partial charge in [0.15, 0.2) is 6.29 Å². The Morgan fingerprint density at radius 2 is 1.87 bits per heavy atom. The minimum absolute atomic E-state index is 0.0587. The van der Waals surface area contributed by atoms with E-state index in [0.717, 1.165) is 25.2 Å². The lowest BCUT2D eigenvalue weighted by atomic mass is 9.65. The second-order valence-electron chi connectivity index (χ2n) is 12.3. The van der Waals surface area contributed by atoms with Gasteiger partial charge in [-0.25, -0.2) is 4.79 Å². The van der Waals surface area contributed by atoms with Gasteiger partial charge in [-0.2, -0.15) is 17.2 Å². The van der Waals surface area contributed by atoms with Crippen molar-refractivity contribution in [2.45, 2.75) is 120 Å². The van der Waals surface area contributed by atoms with Crippen LogP contribution < -0.4 is 0 Å². The lowest BCUT2D eigenvalue weighted by Gasteiger charge is -2.48. The molecule has 0 aromatic rings. The van der Waals surface area contributed by atoms with Crippen LogP contribution in [0.2, 0.25) is 0 Å². The molecule has 224 valence electrons. The summed E-state index contributed by atoms with van der Waals surface area (Å²) in [4.78, 5) is 24.4. The van der Waals surface area contributed by atoms with Gasteiger partial charge in [0.05, 0.1) is 6.61 Å². The predicted octanol–water partition coefficient (Wildman–Crippen LogP) is 5.02. The summed E-state index contributed by atoms with van der Waals surface area (Å²) in [5, 5.41) is -5.04. The molecule has 6 atom stereocenters. The Kier molecular flexibility index (Phi) is 9.92. The third kappa shape index (κ3) is 7.89. The predicted molar refractivity (Wildman–Crippen MR) is 135 cm³/mol. The zero-order valence-electron chi connectivity index (χ0n) is 22.7. The largest absolute Gasteiger partial charge is 0.465 e. The summed E-state index contributed by atoms with van der Waals surface area (Å²) < 4.78 is 81.0. The maximum Gasteiger partial charge on any atom is 0.465 e. The van der Waals surface area contributed by atoms with Crippen LogP contribution in [-0.2, 0) is 38.7 Å². The normalized spacial score (nSPS) is 32.9. The first-order valence-electron chi connectivity index (χ1n) is 14.4. The van der Waals surface area contributed by atoms with E-state index in [1.54, 1.807) is 0 Å². The maximum absolute atomic E-state index is 13.9. The zero-order valence-corrected chi connectivity index (χ0v) is 23.5. The highest BCUT2D eigenvalue weighted by atomic mass is 32.2. The van der Waals surface area contributed by atoms with Crippen LogP contribution in [0.5, 0.6) is 0 Å². The van der Waals surface area contributed by atoms with Gasteiger partial charge in [-0.05, 0) is 62.7 Å². The maximum atomic E-state index is 13.9. The van der Waals surface area contributed by atoms with Gasteiger partial charge in [-0.3, -0.25) is 9.35 Å². The number of hydrogen-bond donors (Lipinski definition) is 1. The van der Waals surface area contributed by atoms with Crippen molar-refractivity contribution >= 4 is 22.1 Å². The molecule has 6 unspecified atom stereocenters. The molecule has 0 radical (unpaired) electrons. The van der Waals surface area contributed by atoms with E-state index in [1.165, 1.54) is 32.1 Å². The fourth-order valence-corrected chi connectivity index (χ4v) is 7.31. The molecule has 4 fully saturated rings. The van der Waals surface area contributed by atoms with E-state index in [4.69, 9.17) is 23.5 Å². The van der Waals surface area contributed by atoms with E-state index in [0.29, 0.717) is 38.0 Å². The van der Waals surface area contributed by atoms with Crippen molar-refractivity contribution in [3.8, 4) is 0 Å². The highest BCUT2D eigenvalue weighted by Crippen LogP contribution is 2.50. The van der Waals surface area contributed by atoms with Crippen molar-refractivity contribution in [1.29, 1.82) is 0 Å². The Balaban J connectivity index is 1.23. The highest BCUT2D eigenvalue weighted by Gasteiger charge is 2.58. The van der Waals surface area contributed by atoms with E-state index < -0.39 is 39.3 Å². The van der Waals surface area contributed by atoms with Crippen LogP contribution in [0.25, 0.3) is 0 Å². The first-order chi connectivity index (χ1) is 18.4. The smallest absolute Gasteiger partial charge is 0.463 e. The van der Waals surface area contributed by atoms with Gasteiger partial charge >= 0.3 is 27.3 Å². The third-order valence-electron chi connectivity index (χ3n) is 8.94. The van der Waals surface area contributed by atoms with Gasteiger partial charge in [0.2, 0.25) is 0 Å². The van der Waals surface area contributed by atoms with Crippen LogP contribution in [0.1, 0.15) is 96.8 Å². The molecule has 2 bridgehead atoms. The van der Waals surface area contributed by atoms with Crippen molar-refractivity contribution in [2.24, 2.45) is 23.7 Å². The molecular weight excluding hydrogens is 538 g/mol. The van der Waals surface area contributed by atoms with Crippen LogP contribution in [0.3, 0.4) is 0 Å². The summed E-state index contributed by atoms with van der Waals surface area (Å²) in [7, 11) is -5.95. The van der Waals surface area contributed by atoms with Crippen molar-refractivity contribution < 1.29 is 50.3 Å². The van der Waals surface area contributed by atoms with Crippen LogP contribution in [0.15, 0.2) is 0 Å². The number of esters is 2. The average molecular weight is 581 g/mol. The SMILES string of the molecule is CC(CCC(=O)OCC1COC(C2CC3CCCC(OC(=O)C(F)(F)S(=O)(=O)O)(C3)C2)O1)CC1CCCCC1. The fraction of sp³-hybridized carbons (Fsp3) is 0.926. The Bertz CT molecular complexity index is 968. The third-order valence-corrected chi connectivity index (χ3v) is 9.75. The van der Waals surface area contributed by atoms with Crippen molar-refractivity contribution in [3.05, 3.63) is 0 Å². The monoisotopic (exact) mass is 580 g/mol. The second kappa shape index (κ2) is 12.7. The molecule has 39 heavy (non-hydrogen) atoms. The molecule has 1 heterocycles. The Hall–Kier alpha value is -1.37. The van der Waals surface area contributed by atoms with Gasteiger partial charge in [0, 0.05) is 12.3 Å². The summed E-state index contributed by atoms with van der Waals surface area (Å²) in [5.74, 6) is -1.48. The first-order valence-corrected chi connectivity index (χ1v) is 15.8. The van der Waals surface area contributed by atoms with Crippen molar-refractivity contribution in [2.75, 3.05) is 13.2 Å². The molecule has 0 spiro atoms. The van der Waals surface area contributed by atoms with Gasteiger partial charge in [-0.1, -0.05) is 45.4 Å². The molecule has 3 aliphatic carbocycles. The van der Waals surface area contributed by atoms with Gasteiger partial charge in [0.1, 0.15) is 18.3 Å². The number of alkyl halides is 2. The lowest BCUT2D eigenvalue weighted by molar-refractivity contribution is -0.201. The second-order valence-corrected chi connectivity index (χ2v) is 13.7. The zero-order chi connectivity index (χ0) is 28.3. The Morgan fingerprint density at radius 1 is 1.13 bits per heavy atom. The number of hydrogen-bond acceptors (Lipinski definition) is 8. The topological polar surface area (TPSA) is 125 Å². The van der Waals surface area contributed by atoms with Crippen molar-refractivity contribution in [1.82, 2.24) is 0 Å². The number of fused-ring (bicyclic) bond motifs is 2. The van der Waals surface area contributed by atoms with Gasteiger partial charge < -0.3 is 18.9 Å². The summed E-state index contributed by atoms with van der Waals surface area (Å²) >= 11 is 0. The Labute approximate surface area is 229 Å². The number of carbonyl (C=O) groups excluding carboxylic acids is 2. The van der Waals surface area contributed by atoms with Gasteiger partial charge in [0.25, 0.3) is 0 Å². The molecule has 4 rings (SSSR count). The standard InChI is InChI=1S/C27H42F2O9S/c1-18(12-19-6-3-2-4-7-19)9-10-23(30)35-16-22-17-36-24(37-22)21-13-20-8-5-11-26(14-20,15-21)38-25(31)27(28,29)39(32,33)34/h18-22,24H,2-17H2,1H3,(H,32,33,34). The number of ether oxygens (including phenoxy) is 4. The molecule has 0 amide bonds. The number of carbonyl (C=O) groups is 2. The number of halogens is 2. The highest BCUT2D eigenvalue weighted by molar-refractivity contribution is 7.87. The van der Waals surface area contributed by atoms with Crippen LogP contribution in [0, 0.1) is 23.7 Å². The number of rotatable bonds is 11. The van der Waals surface area contributed by atoms with E-state index in [2.05, 4.69) is 6.92 Å². The molecule has 1 aliphatic heterocycles. The van der Waals surface area contributed by atoms with Crippen LogP contribution in [-0.4, -0.2) is 61.4 Å². The molecule has 1 saturated heterocycles. The summed E-state index contributed by atoms with van der Waals surface area (Å²) in [6, 6.07) is 0. The fourth-order valence-electron chi connectivity index (χ4n) is 7.06. The van der Waals surface area contributed by atoms with Crippen molar-refractivity contribution in [3.63, 3.8) is 0 Å². The van der Waals surface area contributed by atoms with Gasteiger partial charge in [-0.15, -0.1) is 0 Å². The minimum Gasteiger partial charge on any atom is -0.463 e. The molecule has 1 N–H and O–H groups in total. The molecular formula is C27H42F2O9S. The summed E-state index contributed by atoms with van der Waals surface area (Å²) in [5.41, 5.74) is -1.28. The summed E-state index contributed by atoms with van der Waals surface area (Å²) in [6.07, 6.45) is 10.7. The minimum atomic E-state index is -5.95. The lowest BCUT2D eigenvalue weighted by Crippen LogP contribution is -2.51. The molecule has 3 saturated carbocycles. The molecule has 4 aliphatic rings. The molecule has 12 heteroatoms. The first kappa shape index (κ1) is 30.6. The molecule has 9 nitrogen and oxygen atoms in total. The van der Waals surface area contributed by atoms with E-state index in [-0.39, 0.29) is 37.4 Å². The Morgan fingerprint density at radius 3 is 2.59 bits per heavy atom. The average Bonchev–Trinajstić information content (AvgIpc) is 3.35. The van der Waals surface area contributed by atoms with E-state index >= 15 is 0 Å².